The van der Waals surface area contributed by atoms with Gasteiger partial charge in [0.15, 0.2) is 0 Å². The molecule has 1 aliphatic heterocycles. The molecule has 0 spiro atoms. The first-order chi connectivity index (χ1) is 9.97. The summed E-state index contributed by atoms with van der Waals surface area (Å²) in [6.45, 7) is 7.58. The van der Waals surface area contributed by atoms with Crippen LogP contribution in [0.3, 0.4) is 0 Å². The SMILES string of the molecule is Cc1nnc(C(=O)NCC2CCN(C(=O)C(C)C)CC2)o1. The van der Waals surface area contributed by atoms with Crippen LogP contribution < -0.4 is 5.32 Å². The van der Waals surface area contributed by atoms with E-state index in [2.05, 4.69) is 15.5 Å². The lowest BCUT2D eigenvalue weighted by atomic mass is 9.96. The molecule has 2 heterocycles. The molecule has 7 nitrogen and oxygen atoms in total. The van der Waals surface area contributed by atoms with Gasteiger partial charge in [-0.3, -0.25) is 9.59 Å². The molecular weight excluding hydrogens is 272 g/mol. The van der Waals surface area contributed by atoms with Crippen molar-refractivity contribution < 1.29 is 14.0 Å². The van der Waals surface area contributed by atoms with Gasteiger partial charge in [-0.25, -0.2) is 0 Å². The van der Waals surface area contributed by atoms with E-state index in [4.69, 9.17) is 4.42 Å². The van der Waals surface area contributed by atoms with Crippen LogP contribution in [0.15, 0.2) is 4.42 Å². The molecule has 0 radical (unpaired) electrons. The number of hydrogen-bond donors (Lipinski definition) is 1. The summed E-state index contributed by atoms with van der Waals surface area (Å²) in [7, 11) is 0. The topological polar surface area (TPSA) is 88.3 Å². The summed E-state index contributed by atoms with van der Waals surface area (Å²) < 4.78 is 5.07. The number of hydrogen-bond acceptors (Lipinski definition) is 5. The van der Waals surface area contributed by atoms with Gasteiger partial charge in [-0.15, -0.1) is 10.2 Å². The lowest BCUT2D eigenvalue weighted by Crippen LogP contribution is -2.43. The molecule has 1 saturated heterocycles. The molecule has 0 aromatic carbocycles. The summed E-state index contributed by atoms with van der Waals surface area (Å²) in [6, 6.07) is 0. The number of piperidine rings is 1. The summed E-state index contributed by atoms with van der Waals surface area (Å²) in [5.74, 6) is 0.673. The molecule has 1 aromatic rings. The number of likely N-dealkylation sites (tertiary alicyclic amines) is 1. The first-order valence-electron chi connectivity index (χ1n) is 7.34. The maximum atomic E-state index is 11.9. The van der Waals surface area contributed by atoms with Crippen LogP contribution in [0.2, 0.25) is 0 Å². The fraction of sp³-hybridized carbons (Fsp3) is 0.714. The van der Waals surface area contributed by atoms with Crippen LogP contribution in [-0.2, 0) is 4.79 Å². The van der Waals surface area contributed by atoms with Gasteiger partial charge in [-0.05, 0) is 18.8 Å². The van der Waals surface area contributed by atoms with E-state index in [0.717, 1.165) is 25.9 Å². The number of carbonyl (C=O) groups excluding carboxylic acids is 2. The minimum atomic E-state index is -0.337. The minimum Gasteiger partial charge on any atom is -0.417 e. The van der Waals surface area contributed by atoms with E-state index in [1.807, 2.05) is 18.7 Å². The van der Waals surface area contributed by atoms with Gasteiger partial charge in [-0.2, -0.15) is 0 Å². The number of aromatic nitrogens is 2. The van der Waals surface area contributed by atoms with Crippen molar-refractivity contribution in [3.05, 3.63) is 11.8 Å². The Labute approximate surface area is 124 Å². The Morgan fingerprint density at radius 2 is 2.00 bits per heavy atom. The molecule has 0 aliphatic carbocycles. The van der Waals surface area contributed by atoms with Crippen LogP contribution in [0.25, 0.3) is 0 Å². The van der Waals surface area contributed by atoms with E-state index >= 15 is 0 Å². The van der Waals surface area contributed by atoms with E-state index in [1.54, 1.807) is 6.92 Å². The van der Waals surface area contributed by atoms with Gasteiger partial charge in [-0.1, -0.05) is 13.8 Å². The van der Waals surface area contributed by atoms with Crippen molar-refractivity contribution in [3.63, 3.8) is 0 Å². The van der Waals surface area contributed by atoms with Gasteiger partial charge < -0.3 is 14.6 Å². The molecule has 7 heteroatoms. The van der Waals surface area contributed by atoms with Gasteiger partial charge >= 0.3 is 11.8 Å². The average molecular weight is 294 g/mol. The lowest BCUT2D eigenvalue weighted by Gasteiger charge is -2.33. The van der Waals surface area contributed by atoms with Crippen LogP contribution in [0.1, 0.15) is 43.3 Å². The van der Waals surface area contributed by atoms with Crippen molar-refractivity contribution in [2.45, 2.75) is 33.6 Å². The van der Waals surface area contributed by atoms with Crippen molar-refractivity contribution >= 4 is 11.8 Å². The quantitative estimate of drug-likeness (QED) is 0.895. The highest BCUT2D eigenvalue weighted by Gasteiger charge is 2.25. The van der Waals surface area contributed by atoms with E-state index in [0.29, 0.717) is 18.4 Å². The zero-order valence-electron chi connectivity index (χ0n) is 12.8. The van der Waals surface area contributed by atoms with Gasteiger partial charge in [0.05, 0.1) is 0 Å². The fourth-order valence-electron chi connectivity index (χ4n) is 2.42. The highest BCUT2D eigenvalue weighted by Crippen LogP contribution is 2.18. The largest absolute Gasteiger partial charge is 0.417 e. The van der Waals surface area contributed by atoms with Crippen molar-refractivity contribution in [1.29, 1.82) is 0 Å². The second-order valence-electron chi connectivity index (χ2n) is 5.76. The van der Waals surface area contributed by atoms with Crippen LogP contribution in [0, 0.1) is 18.8 Å². The Morgan fingerprint density at radius 3 is 2.52 bits per heavy atom. The highest BCUT2D eigenvalue weighted by molar-refractivity contribution is 5.89. The number of nitrogens with zero attached hydrogens (tertiary/aromatic N) is 3. The normalized spacial score (nSPS) is 16.3. The number of rotatable bonds is 4. The van der Waals surface area contributed by atoms with E-state index in [1.165, 1.54) is 0 Å². The molecule has 21 heavy (non-hydrogen) atoms. The molecule has 0 saturated carbocycles. The third-order valence-electron chi connectivity index (χ3n) is 3.69. The third kappa shape index (κ3) is 4.03. The predicted molar refractivity (Wildman–Crippen MR) is 75.5 cm³/mol. The lowest BCUT2D eigenvalue weighted by molar-refractivity contribution is -0.135. The van der Waals surface area contributed by atoms with Crippen molar-refractivity contribution in [2.75, 3.05) is 19.6 Å². The standard InChI is InChI=1S/C14H22N4O3/c1-9(2)14(20)18-6-4-11(5-7-18)8-15-12(19)13-17-16-10(3)21-13/h9,11H,4-8H2,1-3H3,(H,15,19). The van der Waals surface area contributed by atoms with Crippen LogP contribution in [0.4, 0.5) is 0 Å². The van der Waals surface area contributed by atoms with Gasteiger partial charge in [0, 0.05) is 32.5 Å². The highest BCUT2D eigenvalue weighted by atomic mass is 16.4. The Hall–Kier alpha value is -1.92. The zero-order valence-corrected chi connectivity index (χ0v) is 12.8. The number of nitrogens with one attached hydrogen (secondary N) is 1. The van der Waals surface area contributed by atoms with Gasteiger partial charge in [0.2, 0.25) is 11.8 Å². The number of carbonyl (C=O) groups is 2. The van der Waals surface area contributed by atoms with Crippen molar-refractivity contribution in [1.82, 2.24) is 20.4 Å². The fourth-order valence-corrected chi connectivity index (χ4v) is 2.42. The Kier molecular flexibility index (Phi) is 4.93. The Balaban J connectivity index is 1.74. The molecule has 0 bridgehead atoms. The van der Waals surface area contributed by atoms with Gasteiger partial charge in [0.25, 0.3) is 0 Å². The zero-order chi connectivity index (χ0) is 15.4. The molecule has 1 aromatic heterocycles. The maximum absolute atomic E-state index is 11.9. The summed E-state index contributed by atoms with van der Waals surface area (Å²) in [6.07, 6.45) is 1.81. The first kappa shape index (κ1) is 15.5. The van der Waals surface area contributed by atoms with Crippen LogP contribution >= 0.6 is 0 Å². The second kappa shape index (κ2) is 6.69. The summed E-state index contributed by atoms with van der Waals surface area (Å²) in [4.78, 5) is 25.6. The summed E-state index contributed by atoms with van der Waals surface area (Å²) in [5.41, 5.74) is 0. The van der Waals surface area contributed by atoms with E-state index < -0.39 is 0 Å². The molecule has 2 amide bonds. The summed E-state index contributed by atoms with van der Waals surface area (Å²) in [5, 5.41) is 10.1. The molecule has 1 fully saturated rings. The molecule has 0 atom stereocenters. The number of amides is 2. The monoisotopic (exact) mass is 294 g/mol. The maximum Gasteiger partial charge on any atom is 0.308 e. The average Bonchev–Trinajstić information content (AvgIpc) is 2.91. The third-order valence-corrected chi connectivity index (χ3v) is 3.69. The minimum absolute atomic E-state index is 0.0000727. The molecule has 0 unspecified atom stereocenters. The Bertz CT molecular complexity index is 504. The van der Waals surface area contributed by atoms with Crippen molar-refractivity contribution in [2.24, 2.45) is 11.8 Å². The van der Waals surface area contributed by atoms with Gasteiger partial charge in [0.1, 0.15) is 0 Å². The second-order valence-corrected chi connectivity index (χ2v) is 5.76. The summed E-state index contributed by atoms with van der Waals surface area (Å²) >= 11 is 0. The molecule has 116 valence electrons. The molecular formula is C14H22N4O3. The molecule has 2 rings (SSSR count). The number of aryl methyl sites for hydroxylation is 1. The smallest absolute Gasteiger partial charge is 0.308 e. The first-order valence-corrected chi connectivity index (χ1v) is 7.34. The van der Waals surface area contributed by atoms with E-state index in [-0.39, 0.29) is 23.6 Å². The predicted octanol–water partition coefficient (Wildman–Crippen LogP) is 1.00. The van der Waals surface area contributed by atoms with Crippen LogP contribution in [0.5, 0.6) is 0 Å². The Morgan fingerprint density at radius 1 is 1.33 bits per heavy atom. The molecule has 1 N–H and O–H groups in total. The van der Waals surface area contributed by atoms with Crippen molar-refractivity contribution in [3.8, 4) is 0 Å². The van der Waals surface area contributed by atoms with Crippen LogP contribution in [-0.4, -0.2) is 46.5 Å². The van der Waals surface area contributed by atoms with E-state index in [9.17, 15) is 9.59 Å². The molecule has 1 aliphatic rings.